The number of nitrogens with zero attached hydrogens (tertiary/aromatic N) is 5. The van der Waals surface area contributed by atoms with Crippen LogP contribution in [0.25, 0.3) is 10.8 Å². The van der Waals surface area contributed by atoms with Crippen LogP contribution in [0.15, 0.2) is 91.3 Å². The van der Waals surface area contributed by atoms with E-state index in [0.717, 1.165) is 16.3 Å². The average Bonchev–Trinajstić information content (AvgIpc) is 3.53. The standard InChI is InChI=1S/C25H20N6O4/c32-25(21-12-14-30(27-21)17-35-23-11-4-3-10-22(23)31(33)34)26-24-13-15-29(28-24)16-19-8-5-7-18-6-1-2-9-20(18)19/h1-15H,16-17H2,(H,26,28,32). The zero-order valence-electron chi connectivity index (χ0n) is 18.4. The Balaban J connectivity index is 1.22. The van der Waals surface area contributed by atoms with E-state index in [9.17, 15) is 14.9 Å². The summed E-state index contributed by atoms with van der Waals surface area (Å²) in [6.07, 6.45) is 3.36. The van der Waals surface area contributed by atoms with Crippen LogP contribution < -0.4 is 10.1 Å². The third-order valence-corrected chi connectivity index (χ3v) is 5.38. The second-order valence-corrected chi connectivity index (χ2v) is 7.73. The average molecular weight is 468 g/mol. The molecule has 3 aromatic carbocycles. The van der Waals surface area contributed by atoms with Crippen molar-refractivity contribution in [3.63, 3.8) is 0 Å². The zero-order valence-corrected chi connectivity index (χ0v) is 18.4. The molecule has 0 aliphatic heterocycles. The SMILES string of the molecule is O=C(Nc1ccn(Cc2cccc3ccccc23)n1)c1ccn(COc2ccccc2[N+](=O)[O-])n1. The van der Waals surface area contributed by atoms with Crippen LogP contribution in [-0.4, -0.2) is 30.4 Å². The Kier molecular flexibility index (Phi) is 5.91. The molecule has 2 heterocycles. The fraction of sp³-hybridized carbons (Fsp3) is 0.0800. The number of aromatic nitrogens is 4. The minimum absolute atomic E-state index is 0.0855. The van der Waals surface area contributed by atoms with Crippen LogP contribution in [0.2, 0.25) is 0 Å². The normalized spacial score (nSPS) is 10.9. The number of ether oxygens (including phenoxy) is 1. The molecule has 0 saturated carbocycles. The fourth-order valence-electron chi connectivity index (χ4n) is 3.72. The van der Waals surface area contributed by atoms with Crippen LogP contribution in [0, 0.1) is 10.1 Å². The molecule has 5 aromatic rings. The maximum Gasteiger partial charge on any atom is 0.311 e. The number of carbonyl (C=O) groups is 1. The van der Waals surface area contributed by atoms with E-state index in [1.54, 1.807) is 35.3 Å². The van der Waals surface area contributed by atoms with Gasteiger partial charge in [-0.2, -0.15) is 10.2 Å². The highest BCUT2D eigenvalue weighted by Crippen LogP contribution is 2.26. The van der Waals surface area contributed by atoms with E-state index in [0.29, 0.717) is 12.4 Å². The van der Waals surface area contributed by atoms with Crippen molar-refractivity contribution >= 4 is 28.2 Å². The quantitative estimate of drug-likeness (QED) is 0.265. The van der Waals surface area contributed by atoms with Crippen molar-refractivity contribution in [1.82, 2.24) is 19.6 Å². The van der Waals surface area contributed by atoms with Crippen molar-refractivity contribution in [3.8, 4) is 5.75 Å². The molecule has 5 rings (SSSR count). The van der Waals surface area contributed by atoms with Gasteiger partial charge in [0.25, 0.3) is 5.91 Å². The lowest BCUT2D eigenvalue weighted by atomic mass is 10.0. The van der Waals surface area contributed by atoms with Gasteiger partial charge in [0.05, 0.1) is 11.5 Å². The fourth-order valence-corrected chi connectivity index (χ4v) is 3.72. The Labute approximate surface area is 199 Å². The third kappa shape index (κ3) is 4.86. The maximum absolute atomic E-state index is 12.6. The smallest absolute Gasteiger partial charge is 0.311 e. The number of fused-ring (bicyclic) bond motifs is 1. The second-order valence-electron chi connectivity index (χ2n) is 7.73. The topological polar surface area (TPSA) is 117 Å². The molecule has 0 spiro atoms. The molecule has 0 atom stereocenters. The molecule has 0 fully saturated rings. The number of carbonyl (C=O) groups excluding carboxylic acids is 1. The van der Waals surface area contributed by atoms with E-state index in [-0.39, 0.29) is 23.9 Å². The predicted octanol–water partition coefficient (Wildman–Crippen LogP) is 4.48. The number of hydrogen-bond donors (Lipinski definition) is 1. The molecule has 0 bridgehead atoms. The van der Waals surface area contributed by atoms with Crippen LogP contribution in [0.3, 0.4) is 0 Å². The van der Waals surface area contributed by atoms with Gasteiger partial charge in [0.2, 0.25) is 0 Å². The molecule has 10 nitrogen and oxygen atoms in total. The van der Waals surface area contributed by atoms with Gasteiger partial charge < -0.3 is 10.1 Å². The van der Waals surface area contributed by atoms with Crippen molar-refractivity contribution in [3.05, 3.63) is 113 Å². The Bertz CT molecular complexity index is 1520. The zero-order chi connectivity index (χ0) is 24.2. The predicted molar refractivity (Wildman–Crippen MR) is 129 cm³/mol. The Morgan fingerprint density at radius 3 is 2.57 bits per heavy atom. The largest absolute Gasteiger partial charge is 0.464 e. The molecule has 0 saturated heterocycles. The van der Waals surface area contributed by atoms with Crippen LogP contribution >= 0.6 is 0 Å². The van der Waals surface area contributed by atoms with Gasteiger partial charge in [0.1, 0.15) is 0 Å². The number of benzene rings is 3. The molecule has 10 heteroatoms. The lowest BCUT2D eigenvalue weighted by Gasteiger charge is -2.07. The van der Waals surface area contributed by atoms with E-state index in [1.807, 2.05) is 18.2 Å². The molecule has 2 aromatic heterocycles. The highest BCUT2D eigenvalue weighted by atomic mass is 16.6. The van der Waals surface area contributed by atoms with Crippen LogP contribution in [0.1, 0.15) is 16.1 Å². The first-order valence-corrected chi connectivity index (χ1v) is 10.8. The van der Waals surface area contributed by atoms with Crippen molar-refractivity contribution in [2.75, 3.05) is 5.32 Å². The molecule has 1 amide bonds. The molecular formula is C25H20N6O4. The summed E-state index contributed by atoms with van der Waals surface area (Å²) in [5.74, 6) is 0.0986. The highest BCUT2D eigenvalue weighted by molar-refractivity contribution is 6.02. The van der Waals surface area contributed by atoms with E-state index >= 15 is 0 Å². The summed E-state index contributed by atoms with van der Waals surface area (Å²) >= 11 is 0. The lowest BCUT2D eigenvalue weighted by molar-refractivity contribution is -0.386. The van der Waals surface area contributed by atoms with Gasteiger partial charge in [-0.3, -0.25) is 19.6 Å². The van der Waals surface area contributed by atoms with E-state index in [2.05, 4.69) is 39.8 Å². The second kappa shape index (κ2) is 9.48. The summed E-state index contributed by atoms with van der Waals surface area (Å²) in [7, 11) is 0. The lowest BCUT2D eigenvalue weighted by Crippen LogP contribution is -2.15. The molecule has 35 heavy (non-hydrogen) atoms. The van der Waals surface area contributed by atoms with Crippen molar-refractivity contribution in [2.24, 2.45) is 0 Å². The van der Waals surface area contributed by atoms with Gasteiger partial charge >= 0.3 is 5.69 Å². The minimum Gasteiger partial charge on any atom is -0.464 e. The van der Waals surface area contributed by atoms with Crippen molar-refractivity contribution in [1.29, 1.82) is 0 Å². The number of hydrogen-bond acceptors (Lipinski definition) is 6. The number of amides is 1. The minimum atomic E-state index is -0.517. The van der Waals surface area contributed by atoms with Crippen LogP contribution in [0.5, 0.6) is 5.75 Å². The first kappa shape index (κ1) is 21.8. The summed E-state index contributed by atoms with van der Waals surface area (Å²) in [6, 6.07) is 23.6. The van der Waals surface area contributed by atoms with Gasteiger partial charge in [-0.05, 0) is 28.5 Å². The van der Waals surface area contributed by atoms with Crippen LogP contribution in [0.4, 0.5) is 11.5 Å². The van der Waals surface area contributed by atoms with Gasteiger partial charge in [-0.15, -0.1) is 0 Å². The van der Waals surface area contributed by atoms with Crippen molar-refractivity contribution < 1.29 is 14.5 Å². The number of para-hydroxylation sites is 2. The summed E-state index contributed by atoms with van der Waals surface area (Å²) in [4.78, 5) is 23.2. The van der Waals surface area contributed by atoms with Gasteiger partial charge in [-0.25, -0.2) is 4.68 Å². The number of anilines is 1. The van der Waals surface area contributed by atoms with Gasteiger partial charge in [-0.1, -0.05) is 54.6 Å². The van der Waals surface area contributed by atoms with Gasteiger partial charge in [0, 0.05) is 24.5 Å². The van der Waals surface area contributed by atoms with Crippen LogP contribution in [-0.2, 0) is 13.3 Å². The maximum atomic E-state index is 12.6. The summed E-state index contributed by atoms with van der Waals surface area (Å²) < 4.78 is 8.64. The molecule has 174 valence electrons. The molecule has 0 unspecified atom stereocenters. The Morgan fingerprint density at radius 2 is 1.69 bits per heavy atom. The molecular weight excluding hydrogens is 448 g/mol. The van der Waals surface area contributed by atoms with E-state index in [1.165, 1.54) is 22.9 Å². The first-order chi connectivity index (χ1) is 17.1. The molecule has 1 N–H and O–H groups in total. The third-order valence-electron chi connectivity index (χ3n) is 5.38. The summed E-state index contributed by atoms with van der Waals surface area (Å²) in [5.41, 5.74) is 1.15. The molecule has 0 radical (unpaired) electrons. The Hall–Kier alpha value is -4.99. The number of nitrogens with one attached hydrogen (secondary N) is 1. The first-order valence-electron chi connectivity index (χ1n) is 10.8. The highest BCUT2D eigenvalue weighted by Gasteiger charge is 2.15. The number of rotatable bonds is 8. The Morgan fingerprint density at radius 1 is 0.914 bits per heavy atom. The monoisotopic (exact) mass is 468 g/mol. The summed E-state index contributed by atoms with van der Waals surface area (Å²) in [6.45, 7) is 0.479. The summed E-state index contributed by atoms with van der Waals surface area (Å²) in [5, 5.41) is 24.8. The van der Waals surface area contributed by atoms with E-state index in [4.69, 9.17) is 4.74 Å². The van der Waals surface area contributed by atoms with Crippen molar-refractivity contribution in [2.45, 2.75) is 13.3 Å². The number of nitro groups is 1. The molecule has 0 aliphatic carbocycles. The van der Waals surface area contributed by atoms with E-state index < -0.39 is 10.8 Å². The number of nitro benzene ring substituents is 1. The van der Waals surface area contributed by atoms with Gasteiger partial charge in [0.15, 0.2) is 24.0 Å². The molecule has 0 aliphatic rings.